The zero-order valence-corrected chi connectivity index (χ0v) is 11.4. The molecule has 2 heterocycles. The summed E-state index contributed by atoms with van der Waals surface area (Å²) in [6.45, 7) is 2.05. The molecular formula is C15H14ClN3. The number of aryl methyl sites for hydroxylation is 2. The van der Waals surface area contributed by atoms with Gasteiger partial charge in [-0.1, -0.05) is 18.2 Å². The number of rotatable bonds is 3. The van der Waals surface area contributed by atoms with Gasteiger partial charge in [-0.05, 0) is 30.7 Å². The van der Waals surface area contributed by atoms with Gasteiger partial charge in [0.25, 0.3) is 0 Å². The Kier molecular flexibility index (Phi) is 3.22. The summed E-state index contributed by atoms with van der Waals surface area (Å²) in [5.74, 6) is 1.51. The summed E-state index contributed by atoms with van der Waals surface area (Å²) in [4.78, 5) is 9.17. The number of imidazole rings is 1. The number of nitrogens with zero attached hydrogens (tertiary/aromatic N) is 3. The lowest BCUT2D eigenvalue weighted by Gasteiger charge is -2.07. The summed E-state index contributed by atoms with van der Waals surface area (Å²) >= 11 is 5.89. The van der Waals surface area contributed by atoms with Crippen molar-refractivity contribution in [2.24, 2.45) is 0 Å². The molecule has 0 amide bonds. The van der Waals surface area contributed by atoms with Crippen LogP contribution in [0.2, 0.25) is 0 Å². The first-order valence-electron chi connectivity index (χ1n) is 6.25. The van der Waals surface area contributed by atoms with Crippen LogP contribution in [0.15, 0.2) is 42.6 Å². The molecule has 0 aliphatic rings. The second kappa shape index (κ2) is 5.02. The van der Waals surface area contributed by atoms with Gasteiger partial charge in [-0.15, -0.1) is 11.6 Å². The lowest BCUT2D eigenvalue weighted by Crippen LogP contribution is -2.02. The molecule has 0 fully saturated rings. The van der Waals surface area contributed by atoms with Gasteiger partial charge in [0.1, 0.15) is 11.3 Å². The van der Waals surface area contributed by atoms with Crippen molar-refractivity contribution >= 4 is 22.8 Å². The molecule has 3 aromatic rings. The van der Waals surface area contributed by atoms with Gasteiger partial charge in [-0.25, -0.2) is 9.97 Å². The summed E-state index contributed by atoms with van der Waals surface area (Å²) in [6, 6.07) is 12.1. The molecule has 3 nitrogen and oxygen atoms in total. The predicted molar refractivity (Wildman–Crippen MR) is 78.0 cm³/mol. The zero-order chi connectivity index (χ0) is 13.2. The van der Waals surface area contributed by atoms with Crippen molar-refractivity contribution < 1.29 is 0 Å². The molecule has 0 saturated heterocycles. The van der Waals surface area contributed by atoms with E-state index >= 15 is 0 Å². The Morgan fingerprint density at radius 2 is 1.95 bits per heavy atom. The monoisotopic (exact) mass is 271 g/mol. The van der Waals surface area contributed by atoms with Crippen LogP contribution >= 0.6 is 11.6 Å². The fraction of sp³-hybridized carbons (Fsp3) is 0.200. The van der Waals surface area contributed by atoms with E-state index in [1.807, 2.05) is 30.5 Å². The molecule has 96 valence electrons. The normalized spacial score (nSPS) is 11.1. The molecule has 4 heteroatoms. The van der Waals surface area contributed by atoms with Gasteiger partial charge in [0.2, 0.25) is 0 Å². The molecule has 2 aromatic heterocycles. The van der Waals surface area contributed by atoms with Crippen LogP contribution in [0.3, 0.4) is 0 Å². The first-order valence-corrected chi connectivity index (χ1v) is 6.79. The van der Waals surface area contributed by atoms with E-state index in [0.717, 1.165) is 34.7 Å². The number of alkyl halides is 1. The van der Waals surface area contributed by atoms with E-state index in [1.165, 1.54) is 0 Å². The molecule has 0 saturated carbocycles. The van der Waals surface area contributed by atoms with Crippen LogP contribution in [0.5, 0.6) is 0 Å². The number of benzene rings is 1. The number of pyridine rings is 1. The Hall–Kier alpha value is -1.87. The topological polar surface area (TPSA) is 30.7 Å². The van der Waals surface area contributed by atoms with Crippen molar-refractivity contribution in [3.8, 4) is 5.69 Å². The largest absolute Gasteiger partial charge is 0.281 e. The lowest BCUT2D eigenvalue weighted by molar-refractivity contribution is 0.905. The molecule has 0 spiro atoms. The maximum absolute atomic E-state index is 5.89. The fourth-order valence-corrected chi connectivity index (χ4v) is 2.41. The number of aromatic nitrogens is 3. The summed E-state index contributed by atoms with van der Waals surface area (Å²) < 4.78 is 2.09. The van der Waals surface area contributed by atoms with Crippen molar-refractivity contribution in [2.45, 2.75) is 13.3 Å². The lowest BCUT2D eigenvalue weighted by atomic mass is 10.2. The molecule has 0 atom stereocenters. The van der Waals surface area contributed by atoms with Crippen molar-refractivity contribution in [2.75, 3.05) is 5.88 Å². The minimum atomic E-state index is 0.551. The third-order valence-electron chi connectivity index (χ3n) is 3.15. The Morgan fingerprint density at radius 3 is 2.68 bits per heavy atom. The molecule has 3 rings (SSSR count). The van der Waals surface area contributed by atoms with Gasteiger partial charge in [-0.2, -0.15) is 0 Å². The molecule has 0 bridgehead atoms. The summed E-state index contributed by atoms with van der Waals surface area (Å²) in [6.07, 6.45) is 2.55. The Bertz CT molecular complexity index is 704. The van der Waals surface area contributed by atoms with Crippen molar-refractivity contribution in [1.82, 2.24) is 14.5 Å². The predicted octanol–water partition coefficient (Wildman–Crippen LogP) is 3.51. The minimum Gasteiger partial charge on any atom is -0.281 e. The molecule has 0 N–H and O–H groups in total. The van der Waals surface area contributed by atoms with Crippen LogP contribution in [0.4, 0.5) is 0 Å². The number of halogens is 1. The van der Waals surface area contributed by atoms with Gasteiger partial charge in [0.15, 0.2) is 5.65 Å². The van der Waals surface area contributed by atoms with Crippen molar-refractivity contribution in [3.63, 3.8) is 0 Å². The van der Waals surface area contributed by atoms with Gasteiger partial charge >= 0.3 is 0 Å². The maximum atomic E-state index is 5.89. The van der Waals surface area contributed by atoms with Crippen LogP contribution in [0.25, 0.3) is 16.9 Å². The summed E-state index contributed by atoms with van der Waals surface area (Å²) in [7, 11) is 0. The molecule has 0 aliphatic carbocycles. The van der Waals surface area contributed by atoms with Crippen LogP contribution in [-0.4, -0.2) is 20.4 Å². The number of hydrogen-bond donors (Lipinski definition) is 0. The van der Waals surface area contributed by atoms with E-state index < -0.39 is 0 Å². The van der Waals surface area contributed by atoms with E-state index in [4.69, 9.17) is 16.6 Å². The highest BCUT2D eigenvalue weighted by Crippen LogP contribution is 2.22. The summed E-state index contributed by atoms with van der Waals surface area (Å²) in [5.41, 5.74) is 4.05. The number of fused-ring (bicyclic) bond motifs is 1. The number of para-hydroxylation sites is 1. The number of hydrogen-bond acceptors (Lipinski definition) is 2. The Morgan fingerprint density at radius 1 is 1.16 bits per heavy atom. The highest BCUT2D eigenvalue weighted by molar-refractivity contribution is 6.17. The van der Waals surface area contributed by atoms with E-state index in [0.29, 0.717) is 5.88 Å². The fourth-order valence-electron chi connectivity index (χ4n) is 2.24. The second-order valence-corrected chi connectivity index (χ2v) is 4.82. The van der Waals surface area contributed by atoms with Gasteiger partial charge in [-0.3, -0.25) is 4.57 Å². The van der Waals surface area contributed by atoms with Crippen LogP contribution in [0, 0.1) is 6.92 Å². The molecular weight excluding hydrogens is 258 g/mol. The van der Waals surface area contributed by atoms with Crippen LogP contribution in [-0.2, 0) is 6.42 Å². The third-order valence-corrected chi connectivity index (χ3v) is 3.34. The molecule has 19 heavy (non-hydrogen) atoms. The zero-order valence-electron chi connectivity index (χ0n) is 10.7. The van der Waals surface area contributed by atoms with Gasteiger partial charge < -0.3 is 0 Å². The average molecular weight is 272 g/mol. The van der Waals surface area contributed by atoms with Crippen LogP contribution < -0.4 is 0 Å². The minimum absolute atomic E-state index is 0.551. The van der Waals surface area contributed by atoms with E-state index in [-0.39, 0.29) is 0 Å². The molecule has 1 aromatic carbocycles. The molecule has 0 unspecified atom stereocenters. The van der Waals surface area contributed by atoms with Gasteiger partial charge in [0.05, 0.1) is 0 Å². The second-order valence-electron chi connectivity index (χ2n) is 4.44. The SMILES string of the molecule is Cc1ccnc2c1nc(CCCl)n2-c1ccccc1. The standard InChI is InChI=1S/C15H14ClN3/c1-11-8-10-17-15-14(11)18-13(7-9-16)19(15)12-5-3-2-4-6-12/h2-6,8,10H,7,9H2,1H3. The van der Waals surface area contributed by atoms with Gasteiger partial charge in [0, 0.05) is 24.2 Å². The Labute approximate surface area is 116 Å². The first kappa shape index (κ1) is 12.2. The van der Waals surface area contributed by atoms with E-state index in [1.54, 1.807) is 0 Å². The quantitative estimate of drug-likeness (QED) is 0.683. The molecule has 0 radical (unpaired) electrons. The highest BCUT2D eigenvalue weighted by Gasteiger charge is 2.14. The van der Waals surface area contributed by atoms with Crippen LogP contribution in [0.1, 0.15) is 11.4 Å². The average Bonchev–Trinajstić information content (AvgIpc) is 2.80. The Balaban J connectivity index is 2.32. The smallest absolute Gasteiger partial charge is 0.164 e. The maximum Gasteiger partial charge on any atom is 0.164 e. The third kappa shape index (κ3) is 2.10. The molecule has 0 aliphatic heterocycles. The highest BCUT2D eigenvalue weighted by atomic mass is 35.5. The van der Waals surface area contributed by atoms with E-state index in [9.17, 15) is 0 Å². The summed E-state index contributed by atoms with van der Waals surface area (Å²) in [5, 5.41) is 0. The van der Waals surface area contributed by atoms with Crippen molar-refractivity contribution in [3.05, 3.63) is 54.0 Å². The van der Waals surface area contributed by atoms with E-state index in [2.05, 4.69) is 28.6 Å². The first-order chi connectivity index (χ1) is 9.31. The van der Waals surface area contributed by atoms with Crippen molar-refractivity contribution in [1.29, 1.82) is 0 Å².